The molecule has 0 aliphatic rings. The maximum atomic E-state index is 13.2. The van der Waals surface area contributed by atoms with Crippen LogP contribution < -0.4 is 15.6 Å². The quantitative estimate of drug-likeness (QED) is 0.341. The largest absolute Gasteiger partial charge is 0.439 e. The van der Waals surface area contributed by atoms with E-state index < -0.39 is 0 Å². The molecule has 37 heavy (non-hydrogen) atoms. The highest BCUT2D eigenvalue weighted by Crippen LogP contribution is 2.25. The van der Waals surface area contributed by atoms with Crippen LogP contribution in [0.2, 0.25) is 0 Å². The van der Waals surface area contributed by atoms with E-state index in [2.05, 4.69) is 25.4 Å². The first-order chi connectivity index (χ1) is 17.8. The van der Waals surface area contributed by atoms with Crippen molar-refractivity contribution in [3.05, 3.63) is 77.2 Å². The number of rotatable bonds is 8. The number of aromatic nitrogens is 7. The molecule has 11 nitrogen and oxygen atoms in total. The van der Waals surface area contributed by atoms with Gasteiger partial charge >= 0.3 is 0 Å². The number of ether oxygens (including phenoxy) is 1. The number of carbonyl (C=O) groups is 1. The van der Waals surface area contributed by atoms with Gasteiger partial charge in [-0.2, -0.15) is 10.1 Å². The van der Waals surface area contributed by atoms with Crippen LogP contribution >= 0.6 is 0 Å². The van der Waals surface area contributed by atoms with Crippen LogP contribution in [0.25, 0.3) is 16.9 Å². The molecule has 5 aromatic rings. The van der Waals surface area contributed by atoms with Crippen molar-refractivity contribution in [3.8, 4) is 17.3 Å². The zero-order chi connectivity index (χ0) is 26.1. The number of hydrogen-bond acceptors (Lipinski definition) is 8. The van der Waals surface area contributed by atoms with E-state index in [9.17, 15) is 9.59 Å². The Morgan fingerprint density at radius 2 is 1.97 bits per heavy atom. The Hall–Kier alpha value is -4.80. The molecular weight excluding hydrogens is 472 g/mol. The summed E-state index contributed by atoms with van der Waals surface area (Å²) in [6, 6.07) is 10.5. The van der Waals surface area contributed by atoms with E-state index in [1.807, 2.05) is 33.2 Å². The predicted molar refractivity (Wildman–Crippen MR) is 139 cm³/mol. The number of carbonyl (C=O) groups excluding carboxylic acids is 1. The van der Waals surface area contributed by atoms with Crippen LogP contribution in [0.1, 0.15) is 32.5 Å². The second-order valence-corrected chi connectivity index (χ2v) is 8.94. The summed E-state index contributed by atoms with van der Waals surface area (Å²) >= 11 is 0. The van der Waals surface area contributed by atoms with Gasteiger partial charge in [0, 0.05) is 56.4 Å². The van der Waals surface area contributed by atoms with E-state index in [0.29, 0.717) is 40.1 Å². The van der Waals surface area contributed by atoms with Crippen molar-refractivity contribution in [2.75, 3.05) is 5.32 Å². The number of nitrogens with one attached hydrogen (secondary N) is 1. The highest BCUT2D eigenvalue weighted by molar-refractivity contribution is 5.78. The number of imidazole rings is 1. The standard InChI is InChI=1S/C26H26N8O3/c1-16(2)33-15-19(34-11-5-9-28-34)14-22(25(33)36)30-26-29-21-6-7-23(31-24(21)32(26)4)37-20-8-10-27-18(13-20)12-17(3)35/h5-11,13-16H,12H2,1-4H3,(H,29,30). The second-order valence-electron chi connectivity index (χ2n) is 8.94. The summed E-state index contributed by atoms with van der Waals surface area (Å²) in [6.07, 6.45) is 7.12. The van der Waals surface area contributed by atoms with Crippen molar-refractivity contribution in [2.45, 2.75) is 33.2 Å². The number of pyridine rings is 3. The number of nitrogens with zero attached hydrogens (tertiary/aromatic N) is 7. The van der Waals surface area contributed by atoms with Crippen molar-refractivity contribution in [2.24, 2.45) is 7.05 Å². The summed E-state index contributed by atoms with van der Waals surface area (Å²) in [5.74, 6) is 1.37. The average molecular weight is 499 g/mol. The number of ketones is 1. The minimum absolute atomic E-state index is 0.0226. The van der Waals surface area contributed by atoms with E-state index >= 15 is 0 Å². The SMILES string of the molecule is CC(=O)Cc1cc(Oc2ccc3nc(Nc4cc(-n5cccn5)cn(C(C)C)c4=O)n(C)c3n2)ccn1. The molecular formula is C26H26N8O3. The highest BCUT2D eigenvalue weighted by atomic mass is 16.5. The first kappa shape index (κ1) is 23.9. The Kier molecular flexibility index (Phi) is 6.26. The Morgan fingerprint density at radius 1 is 1.14 bits per heavy atom. The molecule has 0 saturated carbocycles. The molecule has 0 atom stereocenters. The molecule has 0 unspecified atom stereocenters. The van der Waals surface area contributed by atoms with Gasteiger partial charge in [-0.3, -0.25) is 19.1 Å². The average Bonchev–Trinajstić information content (AvgIpc) is 3.49. The van der Waals surface area contributed by atoms with Crippen LogP contribution in [0.5, 0.6) is 11.6 Å². The molecule has 0 amide bonds. The highest BCUT2D eigenvalue weighted by Gasteiger charge is 2.16. The van der Waals surface area contributed by atoms with Crippen LogP contribution in [-0.4, -0.2) is 39.6 Å². The zero-order valence-electron chi connectivity index (χ0n) is 20.9. The third-order valence-electron chi connectivity index (χ3n) is 5.73. The predicted octanol–water partition coefficient (Wildman–Crippen LogP) is 3.96. The van der Waals surface area contributed by atoms with Gasteiger partial charge in [0.25, 0.3) is 5.56 Å². The third kappa shape index (κ3) is 4.96. The summed E-state index contributed by atoms with van der Waals surface area (Å²) in [6.45, 7) is 5.42. The monoisotopic (exact) mass is 498 g/mol. The summed E-state index contributed by atoms with van der Waals surface area (Å²) in [5.41, 5.74) is 2.78. The molecule has 188 valence electrons. The fourth-order valence-corrected chi connectivity index (χ4v) is 3.94. The lowest BCUT2D eigenvalue weighted by molar-refractivity contribution is -0.116. The minimum atomic E-state index is -0.172. The van der Waals surface area contributed by atoms with Crippen molar-refractivity contribution in [1.29, 1.82) is 0 Å². The third-order valence-corrected chi connectivity index (χ3v) is 5.73. The smallest absolute Gasteiger partial charge is 0.274 e. The van der Waals surface area contributed by atoms with E-state index in [4.69, 9.17) is 4.74 Å². The van der Waals surface area contributed by atoms with Crippen molar-refractivity contribution >= 4 is 28.6 Å². The summed E-state index contributed by atoms with van der Waals surface area (Å²) in [4.78, 5) is 38.0. The molecule has 0 aliphatic carbocycles. The van der Waals surface area contributed by atoms with Gasteiger partial charge in [0.05, 0.1) is 11.4 Å². The van der Waals surface area contributed by atoms with Gasteiger partial charge in [0.15, 0.2) is 5.65 Å². The number of Topliss-reactive ketones (excluding diaryl/α,β-unsaturated/α-hetero) is 1. The van der Waals surface area contributed by atoms with Gasteiger partial charge < -0.3 is 14.6 Å². The lowest BCUT2D eigenvalue weighted by Gasteiger charge is -2.15. The van der Waals surface area contributed by atoms with Gasteiger partial charge in [0.2, 0.25) is 11.8 Å². The Morgan fingerprint density at radius 3 is 2.70 bits per heavy atom. The van der Waals surface area contributed by atoms with E-state index in [1.54, 1.807) is 62.7 Å². The van der Waals surface area contributed by atoms with Gasteiger partial charge in [-0.15, -0.1) is 0 Å². The normalized spacial score (nSPS) is 11.3. The maximum absolute atomic E-state index is 13.2. The van der Waals surface area contributed by atoms with Crippen LogP contribution in [0, 0.1) is 0 Å². The first-order valence-corrected chi connectivity index (χ1v) is 11.8. The van der Waals surface area contributed by atoms with Gasteiger partial charge in [-0.25, -0.2) is 9.67 Å². The summed E-state index contributed by atoms with van der Waals surface area (Å²) in [7, 11) is 1.81. The molecule has 0 fully saturated rings. The molecule has 0 bridgehead atoms. The fourth-order valence-electron chi connectivity index (χ4n) is 3.94. The number of hydrogen-bond donors (Lipinski definition) is 1. The van der Waals surface area contributed by atoms with Crippen molar-refractivity contribution in [1.82, 2.24) is 33.9 Å². The fraction of sp³-hybridized carbons (Fsp3) is 0.231. The maximum Gasteiger partial charge on any atom is 0.274 e. The summed E-state index contributed by atoms with van der Waals surface area (Å²) in [5, 5.41) is 7.47. The number of aryl methyl sites for hydroxylation is 1. The van der Waals surface area contributed by atoms with Gasteiger partial charge in [-0.1, -0.05) is 0 Å². The molecule has 5 heterocycles. The zero-order valence-corrected chi connectivity index (χ0v) is 20.9. The Labute approximate surface area is 212 Å². The Bertz CT molecular complexity index is 1650. The molecule has 5 rings (SSSR count). The van der Waals surface area contributed by atoms with Gasteiger partial charge in [-0.05, 0) is 45.0 Å². The van der Waals surface area contributed by atoms with E-state index in [-0.39, 0.29) is 23.8 Å². The molecule has 0 aromatic carbocycles. The van der Waals surface area contributed by atoms with Crippen LogP contribution in [0.15, 0.2) is 66.0 Å². The molecule has 0 aliphatic heterocycles. The van der Waals surface area contributed by atoms with E-state index in [0.717, 1.165) is 5.69 Å². The lowest BCUT2D eigenvalue weighted by Crippen LogP contribution is -2.25. The molecule has 1 N–H and O–H groups in total. The minimum Gasteiger partial charge on any atom is -0.439 e. The molecule has 0 radical (unpaired) electrons. The number of anilines is 2. The molecule has 5 aromatic heterocycles. The van der Waals surface area contributed by atoms with E-state index in [1.165, 1.54) is 6.92 Å². The van der Waals surface area contributed by atoms with Crippen LogP contribution in [0.3, 0.4) is 0 Å². The van der Waals surface area contributed by atoms with Crippen LogP contribution in [0.4, 0.5) is 11.6 Å². The topological polar surface area (TPSA) is 122 Å². The summed E-state index contributed by atoms with van der Waals surface area (Å²) < 4.78 is 11.0. The molecule has 0 saturated heterocycles. The van der Waals surface area contributed by atoms with Gasteiger partial charge in [0.1, 0.15) is 22.7 Å². The first-order valence-electron chi connectivity index (χ1n) is 11.8. The number of fused-ring (bicyclic) bond motifs is 1. The van der Waals surface area contributed by atoms with Crippen LogP contribution in [-0.2, 0) is 18.3 Å². The second kappa shape index (κ2) is 9.69. The molecule has 0 spiro atoms. The molecule has 11 heteroatoms. The van der Waals surface area contributed by atoms with Crippen molar-refractivity contribution in [3.63, 3.8) is 0 Å². The van der Waals surface area contributed by atoms with Crippen molar-refractivity contribution < 1.29 is 9.53 Å². The Balaban J connectivity index is 1.47. The lowest BCUT2D eigenvalue weighted by atomic mass is 10.2.